The molecule has 6 nitrogen and oxygen atoms in total. The van der Waals surface area contributed by atoms with Crippen LogP contribution in [0.15, 0.2) is 29.2 Å². The molecule has 11 heteroatoms. The van der Waals surface area contributed by atoms with Gasteiger partial charge in [-0.3, -0.25) is 4.72 Å². The fourth-order valence-corrected chi connectivity index (χ4v) is 4.93. The highest BCUT2D eigenvalue weighted by Gasteiger charge is 2.61. The zero-order valence-electron chi connectivity index (χ0n) is 18.2. The number of nitrogens with one attached hydrogen (secondary N) is 1. The van der Waals surface area contributed by atoms with Crippen molar-refractivity contribution in [3.8, 4) is 0 Å². The largest absolute Gasteiger partial charge is 0.444 e. The number of alkyl halides is 3. The topological polar surface area (TPSA) is 61.9 Å². The molecule has 1 spiro atoms. The number of nitrogens with zero attached hydrogens (tertiary/aromatic N) is 2. The van der Waals surface area contributed by atoms with Gasteiger partial charge < -0.3 is 14.5 Å². The third-order valence-corrected chi connectivity index (χ3v) is 6.58. The molecule has 3 rings (SSSR count). The summed E-state index contributed by atoms with van der Waals surface area (Å²) >= 11 is 0.837. The number of likely N-dealkylation sites (tertiary alicyclic amines) is 2. The van der Waals surface area contributed by atoms with Gasteiger partial charge in [-0.1, -0.05) is 0 Å². The van der Waals surface area contributed by atoms with Crippen molar-refractivity contribution < 1.29 is 31.9 Å². The molecule has 2 fully saturated rings. The summed E-state index contributed by atoms with van der Waals surface area (Å²) in [6, 6.07) is 2.49. The summed E-state index contributed by atoms with van der Waals surface area (Å²) in [7, 11) is 0. The van der Waals surface area contributed by atoms with Crippen molar-refractivity contribution in [1.82, 2.24) is 14.5 Å². The smallest absolute Gasteiger partial charge is 0.410 e. The van der Waals surface area contributed by atoms with Crippen LogP contribution in [-0.4, -0.2) is 59.4 Å². The number of carbonyl (C=O) groups excluding carboxylic acids is 2. The van der Waals surface area contributed by atoms with E-state index in [0.29, 0.717) is 4.90 Å². The van der Waals surface area contributed by atoms with Gasteiger partial charge in [0.15, 0.2) is 0 Å². The molecule has 0 saturated carbocycles. The van der Waals surface area contributed by atoms with E-state index < -0.39 is 41.2 Å². The SMILES string of the molecule is CC(C)(C)OC(=O)N1CCC2(CC1)CCN(C(=O)NSc1ccc(F)cc1)C2C(F)(F)F. The van der Waals surface area contributed by atoms with Gasteiger partial charge >= 0.3 is 18.3 Å². The molecule has 2 saturated heterocycles. The van der Waals surface area contributed by atoms with E-state index >= 15 is 0 Å². The van der Waals surface area contributed by atoms with E-state index in [0.717, 1.165) is 16.8 Å². The summed E-state index contributed by atoms with van der Waals surface area (Å²) in [5.74, 6) is -0.447. The minimum atomic E-state index is -4.61. The first-order valence-electron chi connectivity index (χ1n) is 10.3. The van der Waals surface area contributed by atoms with Crippen LogP contribution in [0.3, 0.4) is 0 Å². The van der Waals surface area contributed by atoms with Crippen molar-refractivity contribution in [3.05, 3.63) is 30.1 Å². The average Bonchev–Trinajstić information content (AvgIpc) is 3.06. The summed E-state index contributed by atoms with van der Waals surface area (Å²) < 4.78 is 63.1. The summed E-state index contributed by atoms with van der Waals surface area (Å²) in [5.41, 5.74) is -1.83. The quantitative estimate of drug-likeness (QED) is 0.470. The van der Waals surface area contributed by atoms with Crippen LogP contribution in [0.5, 0.6) is 0 Å². The molecule has 0 radical (unpaired) electrons. The van der Waals surface area contributed by atoms with E-state index in [1.54, 1.807) is 20.8 Å². The first kappa shape index (κ1) is 24.5. The van der Waals surface area contributed by atoms with Crippen molar-refractivity contribution in [2.75, 3.05) is 19.6 Å². The Morgan fingerprint density at radius 3 is 2.16 bits per heavy atom. The van der Waals surface area contributed by atoms with Gasteiger partial charge in [0, 0.05) is 29.9 Å². The normalized spacial score (nSPS) is 21.0. The number of carbonyl (C=O) groups is 2. The summed E-state index contributed by atoms with van der Waals surface area (Å²) in [6.45, 7) is 5.43. The molecule has 3 amide bonds. The van der Waals surface area contributed by atoms with Crippen LogP contribution in [0.4, 0.5) is 27.2 Å². The van der Waals surface area contributed by atoms with Crippen LogP contribution in [0, 0.1) is 11.2 Å². The van der Waals surface area contributed by atoms with Crippen LogP contribution in [-0.2, 0) is 4.74 Å². The molecule has 1 atom stereocenters. The van der Waals surface area contributed by atoms with E-state index in [-0.39, 0.29) is 38.9 Å². The second kappa shape index (κ2) is 8.99. The van der Waals surface area contributed by atoms with Crippen molar-refractivity contribution in [1.29, 1.82) is 0 Å². The fraction of sp³-hybridized carbons (Fsp3) is 0.619. The van der Waals surface area contributed by atoms with Crippen molar-refractivity contribution in [2.45, 2.75) is 62.7 Å². The highest BCUT2D eigenvalue weighted by Crippen LogP contribution is 2.51. The Kier molecular flexibility index (Phi) is 6.88. The monoisotopic (exact) mass is 477 g/mol. The fourth-order valence-electron chi connectivity index (χ4n) is 4.33. The molecule has 178 valence electrons. The summed E-state index contributed by atoms with van der Waals surface area (Å²) in [4.78, 5) is 27.7. The number of hydrogen-bond acceptors (Lipinski definition) is 4. The van der Waals surface area contributed by atoms with Gasteiger partial charge in [0.05, 0.1) is 0 Å². The number of halogens is 4. The predicted octanol–water partition coefficient (Wildman–Crippen LogP) is 5.20. The van der Waals surface area contributed by atoms with E-state index in [1.807, 2.05) is 0 Å². The maximum absolute atomic E-state index is 14.1. The van der Waals surface area contributed by atoms with Crippen molar-refractivity contribution in [2.24, 2.45) is 5.41 Å². The van der Waals surface area contributed by atoms with Crippen LogP contribution in [0.2, 0.25) is 0 Å². The van der Waals surface area contributed by atoms with Crippen molar-refractivity contribution in [3.63, 3.8) is 0 Å². The van der Waals surface area contributed by atoms with E-state index in [4.69, 9.17) is 4.74 Å². The molecule has 2 aliphatic heterocycles. The molecular weight excluding hydrogens is 450 g/mol. The number of rotatable bonds is 2. The van der Waals surface area contributed by atoms with Crippen LogP contribution < -0.4 is 4.72 Å². The Hall–Kier alpha value is -2.17. The van der Waals surface area contributed by atoms with Gasteiger partial charge in [-0.05, 0) is 76.2 Å². The Balaban J connectivity index is 1.67. The van der Waals surface area contributed by atoms with Gasteiger partial charge in [-0.2, -0.15) is 13.2 Å². The number of urea groups is 1. The number of ether oxygens (including phenoxy) is 1. The van der Waals surface area contributed by atoms with Gasteiger partial charge in [-0.25, -0.2) is 14.0 Å². The number of benzene rings is 1. The standard InChI is InChI=1S/C21H27F4N3O3S/c1-19(2,3)31-18(30)27-11-8-20(9-12-27)10-13-28(16(20)21(23,24)25)17(29)26-32-15-6-4-14(22)5-7-15/h4-7,16H,8-13H2,1-3H3,(H,26,29). The maximum atomic E-state index is 14.1. The minimum absolute atomic E-state index is 0.0353. The van der Waals surface area contributed by atoms with Gasteiger partial charge in [0.1, 0.15) is 17.5 Å². The van der Waals surface area contributed by atoms with E-state index in [1.165, 1.54) is 29.2 Å². The number of hydrogen-bond donors (Lipinski definition) is 1. The Bertz CT molecular complexity index is 834. The average molecular weight is 478 g/mol. The first-order chi connectivity index (χ1) is 14.8. The second-order valence-electron chi connectivity index (χ2n) is 9.18. The summed E-state index contributed by atoms with van der Waals surface area (Å²) in [6.07, 6.45) is -4.69. The van der Waals surface area contributed by atoms with Gasteiger partial charge in [0.25, 0.3) is 0 Å². The Labute approximate surface area is 188 Å². The number of piperidine rings is 1. The van der Waals surface area contributed by atoms with Gasteiger partial charge in [0.2, 0.25) is 0 Å². The minimum Gasteiger partial charge on any atom is -0.444 e. The lowest BCUT2D eigenvalue weighted by molar-refractivity contribution is -0.197. The maximum Gasteiger partial charge on any atom is 0.410 e. The zero-order chi connectivity index (χ0) is 23.7. The molecule has 0 aromatic heterocycles. The second-order valence-corrected chi connectivity index (χ2v) is 10.1. The molecule has 1 unspecified atom stereocenters. The Morgan fingerprint density at radius 2 is 1.62 bits per heavy atom. The Morgan fingerprint density at radius 1 is 1.06 bits per heavy atom. The number of amides is 3. The van der Waals surface area contributed by atoms with Crippen LogP contribution in [0.25, 0.3) is 0 Å². The third-order valence-electron chi connectivity index (χ3n) is 5.79. The van der Waals surface area contributed by atoms with Crippen molar-refractivity contribution >= 4 is 24.1 Å². The molecule has 1 aromatic rings. The zero-order valence-corrected chi connectivity index (χ0v) is 19.0. The molecule has 1 N–H and O–H groups in total. The van der Waals surface area contributed by atoms with Crippen LogP contribution in [0.1, 0.15) is 40.0 Å². The highest BCUT2D eigenvalue weighted by atomic mass is 32.2. The molecule has 1 aromatic carbocycles. The predicted molar refractivity (Wildman–Crippen MR) is 111 cm³/mol. The molecule has 2 aliphatic rings. The molecule has 32 heavy (non-hydrogen) atoms. The van der Waals surface area contributed by atoms with E-state index in [2.05, 4.69) is 4.72 Å². The highest BCUT2D eigenvalue weighted by molar-refractivity contribution is 7.98. The lowest BCUT2D eigenvalue weighted by Crippen LogP contribution is -2.57. The van der Waals surface area contributed by atoms with Gasteiger partial charge in [-0.15, -0.1) is 0 Å². The van der Waals surface area contributed by atoms with Crippen LogP contribution >= 0.6 is 11.9 Å². The molecule has 2 heterocycles. The molecular formula is C21H27F4N3O3S. The summed E-state index contributed by atoms with van der Waals surface area (Å²) in [5, 5.41) is 0. The first-order valence-corrected chi connectivity index (χ1v) is 11.2. The lowest BCUT2D eigenvalue weighted by Gasteiger charge is -2.44. The third kappa shape index (κ3) is 5.60. The van der Waals surface area contributed by atoms with E-state index in [9.17, 15) is 27.2 Å². The molecule has 0 bridgehead atoms. The lowest BCUT2D eigenvalue weighted by atomic mass is 9.72. The molecule has 0 aliphatic carbocycles.